The predicted octanol–water partition coefficient (Wildman–Crippen LogP) is 5.53. The number of benzene rings is 3. The molecule has 194 valence electrons. The summed E-state index contributed by atoms with van der Waals surface area (Å²) in [6.45, 7) is 3.17. The number of anilines is 1. The molecule has 0 aromatic heterocycles. The number of hydrogen-bond acceptors (Lipinski definition) is 6. The van der Waals surface area contributed by atoms with Gasteiger partial charge in [0.2, 0.25) is 0 Å². The normalized spacial score (nSPS) is 24.7. The Kier molecular flexibility index (Phi) is 8.44. The third-order valence-electron chi connectivity index (χ3n) is 7.04. The van der Waals surface area contributed by atoms with Crippen LogP contribution in [0, 0.1) is 9.49 Å². The van der Waals surface area contributed by atoms with Crippen LogP contribution in [0.4, 0.5) is 5.69 Å². The van der Waals surface area contributed by atoms with Crippen LogP contribution in [-0.2, 0) is 37.0 Å². The van der Waals surface area contributed by atoms with Gasteiger partial charge in [0.25, 0.3) is 0 Å². The summed E-state index contributed by atoms with van der Waals surface area (Å²) in [5.74, 6) is -0.304. The standard InChI is InChI=1S/C30H32INO5/c1-20(33)34-19-27-30(36-18-22-11-7-4-8-12-22)29(35-17-21-9-5-3-6-10-21)25-16-32(2)26-14-13-23(31)15-24(26)28(25)37-27/h3-15,25,27-30H,16-19H2,1-2H3/t25-,27+,28+,29+,30+/m0/s1. The largest absolute Gasteiger partial charge is 0.463 e. The molecule has 6 nitrogen and oxygen atoms in total. The maximum Gasteiger partial charge on any atom is 0.302 e. The Morgan fingerprint density at radius 3 is 2.19 bits per heavy atom. The summed E-state index contributed by atoms with van der Waals surface area (Å²) in [7, 11) is 2.11. The van der Waals surface area contributed by atoms with Crippen LogP contribution in [-0.4, -0.2) is 44.5 Å². The predicted molar refractivity (Wildman–Crippen MR) is 150 cm³/mol. The molecule has 0 bridgehead atoms. The number of carbonyl (C=O) groups is 1. The van der Waals surface area contributed by atoms with Crippen molar-refractivity contribution in [3.63, 3.8) is 0 Å². The zero-order valence-electron chi connectivity index (χ0n) is 21.1. The van der Waals surface area contributed by atoms with Crippen LogP contribution in [0.5, 0.6) is 0 Å². The summed E-state index contributed by atoms with van der Waals surface area (Å²) in [6.07, 6.45) is -1.35. The van der Waals surface area contributed by atoms with Crippen LogP contribution in [0.25, 0.3) is 0 Å². The fraction of sp³-hybridized carbons (Fsp3) is 0.367. The monoisotopic (exact) mass is 613 g/mol. The van der Waals surface area contributed by atoms with Crippen molar-refractivity contribution >= 4 is 34.2 Å². The van der Waals surface area contributed by atoms with Gasteiger partial charge in [0, 0.05) is 41.3 Å². The van der Waals surface area contributed by atoms with E-state index in [9.17, 15) is 4.79 Å². The van der Waals surface area contributed by atoms with Gasteiger partial charge in [-0.15, -0.1) is 0 Å². The second kappa shape index (κ2) is 11.9. The second-order valence-corrected chi connectivity index (χ2v) is 10.9. The van der Waals surface area contributed by atoms with Gasteiger partial charge in [0.1, 0.15) is 18.8 Å². The number of carbonyl (C=O) groups excluding carboxylic acids is 1. The average Bonchev–Trinajstić information content (AvgIpc) is 2.91. The number of fused-ring (bicyclic) bond motifs is 3. The molecule has 2 aliphatic heterocycles. The van der Waals surface area contributed by atoms with Gasteiger partial charge in [-0.3, -0.25) is 4.79 Å². The van der Waals surface area contributed by atoms with Gasteiger partial charge in [-0.05, 0) is 51.9 Å². The summed E-state index contributed by atoms with van der Waals surface area (Å²) in [4.78, 5) is 14.0. The van der Waals surface area contributed by atoms with E-state index in [2.05, 4.69) is 64.9 Å². The van der Waals surface area contributed by atoms with Gasteiger partial charge in [-0.25, -0.2) is 0 Å². The SMILES string of the molecule is CC(=O)OC[C@H]1O[C@@H]2c3cc(I)ccc3N(C)C[C@@H]2[C@@H](OCc2ccccc2)[C@@H]1OCc1ccccc1. The molecular weight excluding hydrogens is 581 g/mol. The lowest BCUT2D eigenvalue weighted by atomic mass is 9.80. The minimum Gasteiger partial charge on any atom is -0.463 e. The van der Waals surface area contributed by atoms with Crippen molar-refractivity contribution in [2.45, 2.75) is 44.6 Å². The van der Waals surface area contributed by atoms with Crippen molar-refractivity contribution in [3.8, 4) is 0 Å². The van der Waals surface area contributed by atoms with Crippen molar-refractivity contribution < 1.29 is 23.7 Å². The van der Waals surface area contributed by atoms with E-state index in [4.69, 9.17) is 18.9 Å². The summed E-state index contributed by atoms with van der Waals surface area (Å²) in [5, 5.41) is 0. The number of halogens is 1. The minimum atomic E-state index is -0.469. The lowest BCUT2D eigenvalue weighted by molar-refractivity contribution is -0.245. The fourth-order valence-electron chi connectivity index (χ4n) is 5.30. The van der Waals surface area contributed by atoms with Crippen molar-refractivity contribution in [1.82, 2.24) is 0 Å². The Morgan fingerprint density at radius 2 is 1.57 bits per heavy atom. The maximum absolute atomic E-state index is 11.8. The number of hydrogen-bond donors (Lipinski definition) is 0. The van der Waals surface area contributed by atoms with Gasteiger partial charge in [-0.1, -0.05) is 60.7 Å². The summed E-state index contributed by atoms with van der Waals surface area (Å²) >= 11 is 2.34. The highest BCUT2D eigenvalue weighted by atomic mass is 127. The van der Waals surface area contributed by atoms with E-state index in [0.29, 0.717) is 13.2 Å². The Hall–Kier alpha value is -2.46. The zero-order valence-corrected chi connectivity index (χ0v) is 23.2. The third kappa shape index (κ3) is 6.17. The van der Waals surface area contributed by atoms with Gasteiger partial charge in [0.15, 0.2) is 0 Å². The molecule has 0 N–H and O–H groups in total. The fourth-order valence-corrected chi connectivity index (χ4v) is 5.82. The third-order valence-corrected chi connectivity index (χ3v) is 7.71. The van der Waals surface area contributed by atoms with E-state index in [0.717, 1.165) is 32.5 Å². The lowest BCUT2D eigenvalue weighted by Gasteiger charge is -2.50. The van der Waals surface area contributed by atoms with E-state index in [1.54, 1.807) is 0 Å². The number of ether oxygens (including phenoxy) is 4. The molecule has 5 rings (SSSR count). The van der Waals surface area contributed by atoms with Crippen LogP contribution in [0.2, 0.25) is 0 Å². The summed E-state index contributed by atoms with van der Waals surface area (Å²) in [6, 6.07) is 26.7. The van der Waals surface area contributed by atoms with Gasteiger partial charge in [-0.2, -0.15) is 0 Å². The van der Waals surface area contributed by atoms with E-state index >= 15 is 0 Å². The van der Waals surface area contributed by atoms with E-state index < -0.39 is 12.2 Å². The number of nitrogens with zero attached hydrogens (tertiary/aromatic N) is 1. The highest BCUT2D eigenvalue weighted by Crippen LogP contribution is 2.47. The average molecular weight is 613 g/mol. The second-order valence-electron chi connectivity index (χ2n) is 9.67. The van der Waals surface area contributed by atoms with E-state index in [-0.39, 0.29) is 30.7 Å². The molecule has 3 aromatic carbocycles. The Balaban J connectivity index is 1.49. The Labute approximate surface area is 232 Å². The molecule has 0 aliphatic carbocycles. The molecule has 0 saturated carbocycles. The quantitative estimate of drug-likeness (QED) is 0.246. The molecule has 2 aliphatic rings. The van der Waals surface area contributed by atoms with Crippen LogP contribution in [0.15, 0.2) is 78.9 Å². The molecule has 0 spiro atoms. The molecule has 3 aromatic rings. The van der Waals surface area contributed by atoms with Crippen molar-refractivity contribution in [1.29, 1.82) is 0 Å². The van der Waals surface area contributed by atoms with Crippen molar-refractivity contribution in [2.24, 2.45) is 5.92 Å². The summed E-state index contributed by atoms with van der Waals surface area (Å²) in [5.41, 5.74) is 4.45. The molecule has 0 amide bonds. The smallest absolute Gasteiger partial charge is 0.302 e. The van der Waals surface area contributed by atoms with E-state index in [1.807, 2.05) is 48.5 Å². The first-order valence-corrected chi connectivity index (χ1v) is 13.7. The minimum absolute atomic E-state index is 0.0359. The topological polar surface area (TPSA) is 57.2 Å². The zero-order chi connectivity index (χ0) is 25.8. The lowest BCUT2D eigenvalue weighted by Crippen LogP contribution is -2.58. The Morgan fingerprint density at radius 1 is 0.946 bits per heavy atom. The number of esters is 1. The molecule has 0 unspecified atom stereocenters. The van der Waals surface area contributed by atoms with Crippen LogP contribution in [0.3, 0.4) is 0 Å². The molecule has 37 heavy (non-hydrogen) atoms. The first-order valence-electron chi connectivity index (χ1n) is 12.6. The summed E-state index contributed by atoms with van der Waals surface area (Å²) < 4.78 is 26.6. The molecule has 2 heterocycles. The van der Waals surface area contributed by atoms with Crippen LogP contribution < -0.4 is 4.90 Å². The first-order chi connectivity index (χ1) is 18.0. The number of rotatable bonds is 8. The highest BCUT2D eigenvalue weighted by molar-refractivity contribution is 14.1. The van der Waals surface area contributed by atoms with Crippen molar-refractivity contribution in [2.75, 3.05) is 25.1 Å². The van der Waals surface area contributed by atoms with Gasteiger partial charge >= 0.3 is 5.97 Å². The maximum atomic E-state index is 11.8. The molecular formula is C30H32INO5. The first kappa shape index (κ1) is 26.2. The molecule has 1 fully saturated rings. The Bertz CT molecular complexity index is 1190. The molecule has 1 saturated heterocycles. The molecule has 7 heteroatoms. The van der Waals surface area contributed by atoms with Crippen LogP contribution >= 0.6 is 22.6 Å². The highest BCUT2D eigenvalue weighted by Gasteiger charge is 2.51. The molecule has 5 atom stereocenters. The van der Waals surface area contributed by atoms with E-state index in [1.165, 1.54) is 6.92 Å². The van der Waals surface area contributed by atoms with Gasteiger partial charge < -0.3 is 23.8 Å². The van der Waals surface area contributed by atoms with Crippen LogP contribution in [0.1, 0.15) is 29.7 Å². The molecule has 0 radical (unpaired) electrons. The van der Waals surface area contributed by atoms with Crippen molar-refractivity contribution in [3.05, 3.63) is 99.1 Å². The van der Waals surface area contributed by atoms with Gasteiger partial charge in [0.05, 0.1) is 25.4 Å².